The number of carbonyl (C=O) groups is 2. The van der Waals surface area contributed by atoms with Crippen LogP contribution in [-0.2, 0) is 31.2 Å². The highest BCUT2D eigenvalue weighted by atomic mass is 32.1. The Hall–Kier alpha value is -5.03. The number of nitrogens with one attached hydrogen (secondary N) is 3. The monoisotopic (exact) mass is 752 g/mol. The molecule has 0 saturated heterocycles. The van der Waals surface area contributed by atoms with E-state index in [9.17, 15) is 9.59 Å². The van der Waals surface area contributed by atoms with Crippen LogP contribution in [0.4, 0.5) is 22.5 Å². The van der Waals surface area contributed by atoms with E-state index in [1.165, 1.54) is 25.4 Å². The van der Waals surface area contributed by atoms with Gasteiger partial charge in [0.1, 0.15) is 11.5 Å². The molecule has 5 aromatic rings. The number of rotatable bonds is 7. The molecular formula is C43H56N6O4S. The van der Waals surface area contributed by atoms with Crippen LogP contribution < -0.4 is 20.1 Å². The number of aromatic amines is 1. The SMILES string of the molecule is CC(=O)Oc1c(C(C)(C)C)cc(Nc2nc(-c3ccccc3)ns2)cc1C(C)(C)C.CC(=O)Oc1c(C(C)(C)C)cc(Nc2ncc[nH]2)cc1C(C)(C)C. The average molecular weight is 753 g/mol. The van der Waals surface area contributed by atoms with Gasteiger partial charge in [0, 0.05) is 77.0 Å². The average Bonchev–Trinajstić information content (AvgIpc) is 3.73. The number of hydrogen-bond donors (Lipinski definition) is 3. The molecule has 0 atom stereocenters. The number of carbonyl (C=O) groups excluding carboxylic acids is 2. The first kappa shape index (κ1) is 41.7. The molecule has 0 saturated carbocycles. The molecule has 0 amide bonds. The van der Waals surface area contributed by atoms with Gasteiger partial charge in [-0.05, 0) is 45.9 Å². The van der Waals surface area contributed by atoms with Gasteiger partial charge in [0.2, 0.25) is 11.1 Å². The summed E-state index contributed by atoms with van der Waals surface area (Å²) in [5, 5.41) is 7.40. The Labute approximate surface area is 324 Å². The number of H-pyrrole nitrogens is 1. The number of hydrogen-bond acceptors (Lipinski definition) is 10. The van der Waals surface area contributed by atoms with Crippen LogP contribution in [0.1, 0.15) is 119 Å². The van der Waals surface area contributed by atoms with Crippen LogP contribution in [0.15, 0.2) is 67.0 Å². The molecule has 0 unspecified atom stereocenters. The third kappa shape index (κ3) is 11.0. The van der Waals surface area contributed by atoms with Gasteiger partial charge in [-0.2, -0.15) is 9.36 Å². The summed E-state index contributed by atoms with van der Waals surface area (Å²) in [5.41, 5.74) is 5.94. The van der Waals surface area contributed by atoms with Crippen molar-refractivity contribution in [1.29, 1.82) is 0 Å². The summed E-state index contributed by atoms with van der Waals surface area (Å²) in [7, 11) is 0. The minimum Gasteiger partial charge on any atom is -0.426 e. The number of nitrogens with zero attached hydrogens (tertiary/aromatic N) is 3. The van der Waals surface area contributed by atoms with Crippen LogP contribution in [0, 0.1) is 0 Å². The lowest BCUT2D eigenvalue weighted by Gasteiger charge is -2.30. The van der Waals surface area contributed by atoms with Gasteiger partial charge in [-0.15, -0.1) is 0 Å². The van der Waals surface area contributed by atoms with E-state index in [-0.39, 0.29) is 33.6 Å². The number of benzene rings is 3. The molecular weight excluding hydrogens is 697 g/mol. The van der Waals surface area contributed by atoms with Gasteiger partial charge in [0.05, 0.1) is 0 Å². The first-order chi connectivity index (χ1) is 24.9. The van der Waals surface area contributed by atoms with Crippen LogP contribution in [-0.4, -0.2) is 31.3 Å². The maximum absolute atomic E-state index is 11.8. The second-order valence-corrected chi connectivity index (χ2v) is 18.2. The minimum absolute atomic E-state index is 0.175. The minimum atomic E-state index is -0.316. The zero-order valence-electron chi connectivity index (χ0n) is 34.2. The fourth-order valence-electron chi connectivity index (χ4n) is 5.71. The van der Waals surface area contributed by atoms with Crippen molar-refractivity contribution in [3.05, 3.63) is 89.2 Å². The highest BCUT2D eigenvalue weighted by molar-refractivity contribution is 7.10. The van der Waals surface area contributed by atoms with Crippen molar-refractivity contribution in [3.8, 4) is 22.9 Å². The molecule has 2 heterocycles. The van der Waals surface area contributed by atoms with E-state index in [0.29, 0.717) is 28.4 Å². The molecule has 11 heteroatoms. The van der Waals surface area contributed by atoms with Gasteiger partial charge in [-0.1, -0.05) is 113 Å². The third-order valence-corrected chi connectivity index (χ3v) is 9.00. The van der Waals surface area contributed by atoms with E-state index in [4.69, 9.17) is 9.47 Å². The van der Waals surface area contributed by atoms with Crippen molar-refractivity contribution < 1.29 is 19.1 Å². The maximum Gasteiger partial charge on any atom is 0.308 e. The molecule has 0 bridgehead atoms. The summed E-state index contributed by atoms with van der Waals surface area (Å²) >= 11 is 1.32. The Morgan fingerprint density at radius 1 is 0.648 bits per heavy atom. The second kappa shape index (κ2) is 16.1. The van der Waals surface area contributed by atoms with E-state index in [0.717, 1.165) is 39.2 Å². The molecule has 5 rings (SSSR count). The van der Waals surface area contributed by atoms with Crippen LogP contribution in [0.2, 0.25) is 0 Å². The molecule has 2 aromatic heterocycles. The molecule has 3 aromatic carbocycles. The lowest BCUT2D eigenvalue weighted by molar-refractivity contribution is -0.133. The van der Waals surface area contributed by atoms with Crippen LogP contribution in [0.3, 0.4) is 0 Å². The Bertz CT molecular complexity index is 1990. The summed E-state index contributed by atoms with van der Waals surface area (Å²) in [6.07, 6.45) is 3.47. The molecule has 0 aliphatic carbocycles. The molecule has 0 aliphatic heterocycles. The molecule has 0 fully saturated rings. The third-order valence-electron chi connectivity index (χ3n) is 8.37. The van der Waals surface area contributed by atoms with E-state index >= 15 is 0 Å². The summed E-state index contributed by atoms with van der Waals surface area (Å²) in [4.78, 5) is 35.4. The van der Waals surface area contributed by atoms with Crippen LogP contribution >= 0.6 is 11.5 Å². The molecule has 3 N–H and O–H groups in total. The zero-order valence-corrected chi connectivity index (χ0v) is 35.1. The standard InChI is InChI=1S/C24H29N3O2S.C19H27N3O2/c1-15(28)29-20-18(23(2,3)4)13-17(14-19(20)24(5,6)7)25-22-26-21(27-30-22)16-11-9-8-10-12-16;1-12(23)24-16-14(18(2,3)4)10-13(11-15(16)19(5,6)7)22-17-20-8-9-21-17/h8-14H,1-7H3,(H,25,26,27);8-11H,1-7H3,(H2,20,21,22). The van der Waals surface area contributed by atoms with Gasteiger partial charge in [0.25, 0.3) is 0 Å². The van der Waals surface area contributed by atoms with E-state index in [2.05, 4.69) is 113 Å². The Morgan fingerprint density at radius 3 is 1.44 bits per heavy atom. The van der Waals surface area contributed by atoms with Gasteiger partial charge >= 0.3 is 11.9 Å². The van der Waals surface area contributed by atoms with E-state index in [1.54, 1.807) is 12.4 Å². The number of imidazole rings is 1. The Morgan fingerprint density at radius 2 is 1.07 bits per heavy atom. The first-order valence-electron chi connectivity index (χ1n) is 18.1. The van der Waals surface area contributed by atoms with Gasteiger partial charge in [0.15, 0.2) is 5.82 Å². The number of ether oxygens (including phenoxy) is 2. The molecule has 10 nitrogen and oxygen atoms in total. The van der Waals surface area contributed by atoms with Gasteiger partial charge in [-0.25, -0.2) is 4.98 Å². The molecule has 54 heavy (non-hydrogen) atoms. The highest BCUT2D eigenvalue weighted by Crippen LogP contribution is 2.44. The Kier molecular flexibility index (Phi) is 12.5. The maximum atomic E-state index is 11.8. The summed E-state index contributed by atoms with van der Waals surface area (Å²) in [6, 6.07) is 18.0. The van der Waals surface area contributed by atoms with Crippen molar-refractivity contribution in [3.63, 3.8) is 0 Å². The molecule has 0 spiro atoms. The topological polar surface area (TPSA) is 131 Å². The lowest BCUT2D eigenvalue weighted by atomic mass is 9.79. The summed E-state index contributed by atoms with van der Waals surface area (Å²) in [5.74, 6) is 2.06. The summed E-state index contributed by atoms with van der Waals surface area (Å²) < 4.78 is 15.8. The number of esters is 2. The highest BCUT2D eigenvalue weighted by Gasteiger charge is 2.30. The fraction of sp³-hybridized carbons (Fsp3) is 0.419. The largest absolute Gasteiger partial charge is 0.426 e. The zero-order chi connectivity index (χ0) is 40.2. The van der Waals surface area contributed by atoms with E-state index < -0.39 is 0 Å². The molecule has 0 radical (unpaired) electrons. The molecule has 0 aliphatic rings. The quantitative estimate of drug-likeness (QED) is 0.110. The number of aromatic nitrogens is 4. The second-order valence-electron chi connectivity index (χ2n) is 17.5. The van der Waals surface area contributed by atoms with Crippen molar-refractivity contribution in [2.75, 3.05) is 10.6 Å². The Balaban J connectivity index is 0.000000247. The predicted octanol–water partition coefficient (Wildman–Crippen LogP) is 11.1. The van der Waals surface area contributed by atoms with Crippen molar-refractivity contribution in [1.82, 2.24) is 19.3 Å². The van der Waals surface area contributed by atoms with Crippen LogP contribution in [0.5, 0.6) is 11.5 Å². The van der Waals surface area contributed by atoms with Crippen molar-refractivity contribution in [2.24, 2.45) is 0 Å². The van der Waals surface area contributed by atoms with E-state index in [1.807, 2.05) is 54.6 Å². The molecule has 288 valence electrons. The van der Waals surface area contributed by atoms with Crippen molar-refractivity contribution >= 4 is 45.9 Å². The first-order valence-corrected chi connectivity index (χ1v) is 18.9. The summed E-state index contributed by atoms with van der Waals surface area (Å²) in [6.45, 7) is 28.2. The smallest absolute Gasteiger partial charge is 0.308 e. The fourth-order valence-corrected chi connectivity index (χ4v) is 6.32. The van der Waals surface area contributed by atoms with Gasteiger partial charge in [-0.3, -0.25) is 9.59 Å². The van der Waals surface area contributed by atoms with Crippen LogP contribution in [0.25, 0.3) is 11.4 Å². The number of anilines is 4. The van der Waals surface area contributed by atoms with Gasteiger partial charge < -0.3 is 25.1 Å². The normalized spacial score (nSPS) is 12.0. The lowest BCUT2D eigenvalue weighted by Crippen LogP contribution is -2.21. The van der Waals surface area contributed by atoms with Crippen molar-refractivity contribution in [2.45, 2.75) is 119 Å². The predicted molar refractivity (Wildman–Crippen MR) is 221 cm³/mol.